The first-order valence-corrected chi connectivity index (χ1v) is 13.2. The Labute approximate surface area is 210 Å². The number of aliphatic hydroxyl groups is 2. The molecule has 6 nitrogen and oxygen atoms in total. The fourth-order valence-electron chi connectivity index (χ4n) is 6.35. The molecule has 0 saturated heterocycles. The Bertz CT molecular complexity index is 934. The second kappa shape index (κ2) is 11.1. The zero-order valence-corrected chi connectivity index (χ0v) is 20.7. The highest BCUT2D eigenvalue weighted by molar-refractivity contribution is 5.88. The third-order valence-electron chi connectivity index (χ3n) is 8.38. The first-order valence-electron chi connectivity index (χ1n) is 13.2. The number of halogens is 3. The van der Waals surface area contributed by atoms with Crippen LogP contribution in [-0.2, 0) is 16.0 Å². The molecule has 2 aliphatic carbocycles. The van der Waals surface area contributed by atoms with E-state index >= 15 is 0 Å². The molecular formula is C27H37F3N2O4. The van der Waals surface area contributed by atoms with Crippen molar-refractivity contribution in [3.8, 4) is 0 Å². The Morgan fingerprint density at radius 1 is 1.06 bits per heavy atom. The lowest BCUT2D eigenvalue weighted by Gasteiger charge is -2.44. The molecule has 200 valence electrons. The first-order chi connectivity index (χ1) is 17.1. The van der Waals surface area contributed by atoms with Crippen molar-refractivity contribution < 1.29 is 33.0 Å². The van der Waals surface area contributed by atoms with E-state index in [-0.39, 0.29) is 24.8 Å². The highest BCUT2D eigenvalue weighted by Crippen LogP contribution is 2.42. The topological polar surface area (TPSA) is 81.1 Å². The average molecular weight is 511 g/mol. The maximum Gasteiger partial charge on any atom is 0.471 e. The Kier molecular flexibility index (Phi) is 8.29. The van der Waals surface area contributed by atoms with Gasteiger partial charge in [-0.25, -0.2) is 0 Å². The van der Waals surface area contributed by atoms with Gasteiger partial charge in [-0.3, -0.25) is 9.59 Å². The highest BCUT2D eigenvalue weighted by atomic mass is 19.4. The number of alkyl halides is 3. The smallest absolute Gasteiger partial charge is 0.390 e. The number of fused-ring (bicyclic) bond motifs is 1. The van der Waals surface area contributed by atoms with Crippen molar-refractivity contribution in [1.29, 1.82) is 0 Å². The monoisotopic (exact) mass is 510 g/mol. The van der Waals surface area contributed by atoms with Gasteiger partial charge >= 0.3 is 12.1 Å². The van der Waals surface area contributed by atoms with E-state index in [1.807, 2.05) is 24.3 Å². The fourth-order valence-corrected chi connectivity index (χ4v) is 6.35. The molecule has 1 aromatic carbocycles. The highest BCUT2D eigenvalue weighted by Gasteiger charge is 2.46. The molecule has 1 heterocycles. The quantitative estimate of drug-likeness (QED) is 0.603. The molecule has 2 fully saturated rings. The van der Waals surface area contributed by atoms with Crippen LogP contribution in [0.1, 0.15) is 81.4 Å². The molecule has 0 radical (unpaired) electrons. The van der Waals surface area contributed by atoms with Crippen molar-refractivity contribution in [2.45, 2.75) is 94.6 Å². The van der Waals surface area contributed by atoms with Crippen molar-refractivity contribution in [3.63, 3.8) is 0 Å². The third-order valence-corrected chi connectivity index (χ3v) is 8.38. The van der Waals surface area contributed by atoms with Gasteiger partial charge in [-0.05, 0) is 55.6 Å². The largest absolute Gasteiger partial charge is 0.471 e. The van der Waals surface area contributed by atoms with Crippen LogP contribution in [0.5, 0.6) is 0 Å². The zero-order chi connectivity index (χ0) is 25.9. The van der Waals surface area contributed by atoms with E-state index in [2.05, 4.69) is 0 Å². The summed E-state index contributed by atoms with van der Waals surface area (Å²) in [4.78, 5) is 28.1. The maximum absolute atomic E-state index is 13.6. The molecule has 2 N–H and O–H groups in total. The van der Waals surface area contributed by atoms with Gasteiger partial charge < -0.3 is 20.0 Å². The number of carbonyl (C=O) groups is 2. The minimum absolute atomic E-state index is 0.210. The van der Waals surface area contributed by atoms with Gasteiger partial charge in [-0.2, -0.15) is 13.2 Å². The van der Waals surface area contributed by atoms with Gasteiger partial charge in [-0.15, -0.1) is 0 Å². The molecule has 2 saturated carbocycles. The second-order valence-electron chi connectivity index (χ2n) is 10.7. The summed E-state index contributed by atoms with van der Waals surface area (Å²) in [7, 11) is 0. The number of nitrogens with zero attached hydrogens (tertiary/aromatic N) is 2. The van der Waals surface area contributed by atoms with Crippen molar-refractivity contribution in [2.75, 3.05) is 19.6 Å². The summed E-state index contributed by atoms with van der Waals surface area (Å²) in [6.07, 6.45) is 1.38. The van der Waals surface area contributed by atoms with Gasteiger partial charge in [0.2, 0.25) is 5.91 Å². The molecule has 9 heteroatoms. The van der Waals surface area contributed by atoms with E-state index in [9.17, 15) is 33.0 Å². The maximum atomic E-state index is 13.6. The van der Waals surface area contributed by atoms with E-state index in [4.69, 9.17) is 0 Å². The summed E-state index contributed by atoms with van der Waals surface area (Å²) in [6.45, 7) is -0.750. The number of hydrogen-bond acceptors (Lipinski definition) is 4. The molecule has 1 aliphatic heterocycles. The molecule has 36 heavy (non-hydrogen) atoms. The Balaban J connectivity index is 1.54. The fraction of sp³-hybridized carbons (Fsp3) is 0.704. The van der Waals surface area contributed by atoms with Crippen LogP contribution in [0, 0.1) is 5.92 Å². The first kappa shape index (κ1) is 26.9. The van der Waals surface area contributed by atoms with Crippen LogP contribution < -0.4 is 0 Å². The lowest BCUT2D eigenvalue weighted by atomic mass is 9.77. The van der Waals surface area contributed by atoms with E-state index < -0.39 is 42.8 Å². The van der Waals surface area contributed by atoms with Crippen molar-refractivity contribution in [1.82, 2.24) is 9.80 Å². The minimum Gasteiger partial charge on any atom is -0.390 e. The van der Waals surface area contributed by atoms with Crippen LogP contribution in [0.4, 0.5) is 13.2 Å². The molecular weight excluding hydrogens is 473 g/mol. The molecule has 3 aliphatic rings. The molecule has 0 bridgehead atoms. The normalized spacial score (nSPS) is 27.4. The number of amides is 2. The summed E-state index contributed by atoms with van der Waals surface area (Å²) < 4.78 is 40.4. The molecule has 2 amide bonds. The summed E-state index contributed by atoms with van der Waals surface area (Å²) in [6, 6.07) is 7.73. The SMILES string of the molecule is O=C(CN(CC[C@]1(O)CCCC[C@@H]1O)C(=O)C(F)(F)F)N1CCc2ccccc2C1C1CCCCC1. The van der Waals surface area contributed by atoms with E-state index in [0.717, 1.165) is 49.7 Å². The molecule has 0 spiro atoms. The van der Waals surface area contributed by atoms with Crippen molar-refractivity contribution in [2.24, 2.45) is 5.92 Å². The van der Waals surface area contributed by atoms with Crippen molar-refractivity contribution in [3.05, 3.63) is 35.4 Å². The number of hydrogen-bond donors (Lipinski definition) is 2. The molecule has 1 aromatic rings. The van der Waals surface area contributed by atoms with Crippen molar-refractivity contribution >= 4 is 11.8 Å². The van der Waals surface area contributed by atoms with E-state index in [0.29, 0.717) is 30.7 Å². The van der Waals surface area contributed by atoms with Gasteiger partial charge in [0.05, 0.1) is 17.7 Å². The summed E-state index contributed by atoms with van der Waals surface area (Å²) >= 11 is 0. The average Bonchev–Trinajstić information content (AvgIpc) is 2.87. The zero-order valence-electron chi connectivity index (χ0n) is 20.7. The number of benzene rings is 1. The van der Waals surface area contributed by atoms with Crippen LogP contribution >= 0.6 is 0 Å². The minimum atomic E-state index is -5.13. The Hall–Kier alpha value is -2.13. The van der Waals surface area contributed by atoms with Gasteiger partial charge in [-0.1, -0.05) is 56.4 Å². The lowest BCUT2D eigenvalue weighted by molar-refractivity contribution is -0.188. The Morgan fingerprint density at radius 3 is 2.44 bits per heavy atom. The van der Waals surface area contributed by atoms with E-state index in [1.54, 1.807) is 4.90 Å². The van der Waals surface area contributed by atoms with Crippen LogP contribution in [0.25, 0.3) is 0 Å². The molecule has 1 unspecified atom stereocenters. The summed E-state index contributed by atoms with van der Waals surface area (Å²) in [5.74, 6) is -2.36. The van der Waals surface area contributed by atoms with Gasteiger partial charge in [0.15, 0.2) is 0 Å². The van der Waals surface area contributed by atoms with E-state index in [1.165, 1.54) is 0 Å². The van der Waals surface area contributed by atoms with Crippen LogP contribution in [-0.4, -0.2) is 69.3 Å². The summed E-state index contributed by atoms with van der Waals surface area (Å²) in [5.41, 5.74) is 0.659. The van der Waals surface area contributed by atoms with Crippen LogP contribution in [0.2, 0.25) is 0 Å². The molecule has 4 rings (SSSR count). The standard InChI is InChI=1S/C27H37F3N2O4/c28-27(29,30)25(35)31(17-15-26(36)14-7-6-12-22(26)33)18-23(34)32-16-13-19-8-4-5-11-21(19)24(32)20-9-2-1-3-10-20/h4-5,8,11,20,22,24,33,36H,1-3,6-7,9-10,12-18H2/t22-,24?,26+/m0/s1. The Morgan fingerprint density at radius 2 is 1.75 bits per heavy atom. The van der Waals surface area contributed by atoms with Crippen LogP contribution in [0.15, 0.2) is 24.3 Å². The predicted molar refractivity (Wildman–Crippen MR) is 128 cm³/mol. The molecule has 0 aromatic heterocycles. The van der Waals surface area contributed by atoms with Gasteiger partial charge in [0, 0.05) is 13.1 Å². The van der Waals surface area contributed by atoms with Gasteiger partial charge in [0.25, 0.3) is 0 Å². The number of carbonyl (C=O) groups excluding carboxylic acids is 2. The second-order valence-corrected chi connectivity index (χ2v) is 10.7. The van der Waals surface area contributed by atoms with Crippen LogP contribution in [0.3, 0.4) is 0 Å². The third kappa shape index (κ3) is 5.88. The number of aliphatic hydroxyl groups excluding tert-OH is 1. The number of rotatable bonds is 6. The van der Waals surface area contributed by atoms with Gasteiger partial charge in [0.1, 0.15) is 6.54 Å². The predicted octanol–water partition coefficient (Wildman–Crippen LogP) is 4.14. The lowest BCUT2D eigenvalue weighted by Crippen LogP contribution is -2.53. The molecule has 3 atom stereocenters. The summed E-state index contributed by atoms with van der Waals surface area (Å²) in [5, 5.41) is 21.1.